The fraction of sp³-hybridized carbons (Fsp3) is 0.143. The lowest BCUT2D eigenvalue weighted by Gasteiger charge is -2.23. The highest BCUT2D eigenvalue weighted by Crippen LogP contribution is 2.29. The van der Waals surface area contributed by atoms with E-state index in [-0.39, 0.29) is 15.6 Å². The molecule has 0 saturated heterocycles. The van der Waals surface area contributed by atoms with Crippen molar-refractivity contribution in [3.63, 3.8) is 0 Å². The molecule has 2 aromatic rings. The molecule has 0 amide bonds. The molecule has 2 aromatic carbocycles. The van der Waals surface area contributed by atoms with Crippen LogP contribution < -0.4 is 9.95 Å². The minimum atomic E-state index is -3.91. The van der Waals surface area contributed by atoms with Crippen molar-refractivity contribution >= 4 is 33.0 Å². The van der Waals surface area contributed by atoms with E-state index in [1.807, 2.05) is 13.0 Å². The molecular weight excluding hydrogens is 328 g/mol. The van der Waals surface area contributed by atoms with E-state index in [1.54, 1.807) is 19.1 Å². The summed E-state index contributed by atoms with van der Waals surface area (Å²) in [6.45, 7) is 3.69. The first kappa shape index (κ1) is 16.6. The van der Waals surface area contributed by atoms with Gasteiger partial charge >= 0.3 is 0 Å². The van der Waals surface area contributed by atoms with E-state index in [0.29, 0.717) is 5.69 Å². The molecule has 0 bridgehead atoms. The lowest BCUT2D eigenvalue weighted by atomic mass is 10.1. The van der Waals surface area contributed by atoms with Crippen molar-refractivity contribution in [1.82, 2.24) is 0 Å². The van der Waals surface area contributed by atoms with Gasteiger partial charge < -0.3 is 10.4 Å². The van der Waals surface area contributed by atoms with Crippen molar-refractivity contribution in [1.29, 1.82) is 0 Å². The van der Waals surface area contributed by atoms with Gasteiger partial charge in [0.25, 0.3) is 10.0 Å². The molecule has 0 radical (unpaired) electrons. The van der Waals surface area contributed by atoms with Crippen molar-refractivity contribution in [2.75, 3.05) is 9.95 Å². The van der Waals surface area contributed by atoms with Crippen LogP contribution in [-0.4, -0.2) is 13.6 Å². The van der Waals surface area contributed by atoms with E-state index in [2.05, 4.69) is 4.72 Å². The zero-order valence-corrected chi connectivity index (χ0v) is 13.4. The van der Waals surface area contributed by atoms with Crippen molar-refractivity contribution in [2.45, 2.75) is 18.7 Å². The number of sulfonamides is 1. The number of aryl methyl sites for hydroxylation is 2. The predicted molar refractivity (Wildman–Crippen MR) is 85.8 cm³/mol. The maximum Gasteiger partial charge on any atom is 0.261 e. The molecule has 0 aliphatic rings. The Balaban J connectivity index is 2.40. The smallest absolute Gasteiger partial charge is 0.261 e. The Kier molecular flexibility index (Phi) is 4.62. The lowest BCUT2D eigenvalue weighted by molar-refractivity contribution is 0.296. The minimum absolute atomic E-state index is 0.0528. The van der Waals surface area contributed by atoms with Crippen LogP contribution in [-0.2, 0) is 10.0 Å². The van der Waals surface area contributed by atoms with Crippen molar-refractivity contribution in [3.05, 3.63) is 57.8 Å². The van der Waals surface area contributed by atoms with Gasteiger partial charge in [0.05, 0.1) is 21.3 Å². The van der Waals surface area contributed by atoms with Crippen molar-refractivity contribution in [2.24, 2.45) is 0 Å². The Hall–Kier alpha value is -1.80. The van der Waals surface area contributed by atoms with Gasteiger partial charge in [-0.1, -0.05) is 29.3 Å². The van der Waals surface area contributed by atoms with Gasteiger partial charge in [0.2, 0.25) is 0 Å². The van der Waals surface area contributed by atoms with Crippen LogP contribution in [0.15, 0.2) is 41.3 Å². The molecule has 118 valence electrons. The molecule has 0 aromatic heterocycles. The highest BCUT2D eigenvalue weighted by molar-refractivity contribution is 7.92. The first-order chi connectivity index (χ1) is 10.2. The van der Waals surface area contributed by atoms with E-state index in [0.717, 1.165) is 17.2 Å². The highest BCUT2D eigenvalue weighted by Gasteiger charge is 2.17. The van der Waals surface area contributed by atoms with E-state index >= 15 is 0 Å². The third-order valence-electron chi connectivity index (χ3n) is 3.06. The van der Waals surface area contributed by atoms with Crippen molar-refractivity contribution < 1.29 is 13.6 Å². The number of benzene rings is 2. The SMILES string of the molecule is Cc1ccc(NS(=O)(=O)c2ccc(Cl)c(N([O-])O)c2)c(C)c1. The number of anilines is 2. The van der Waals surface area contributed by atoms with E-state index in [1.165, 1.54) is 12.1 Å². The topological polar surface area (TPSA) is 92.7 Å². The third kappa shape index (κ3) is 3.50. The summed E-state index contributed by atoms with van der Waals surface area (Å²) in [6, 6.07) is 8.77. The van der Waals surface area contributed by atoms with E-state index in [9.17, 15) is 13.6 Å². The summed E-state index contributed by atoms with van der Waals surface area (Å²) in [4.78, 5) is -0.179. The molecule has 0 spiro atoms. The zero-order chi connectivity index (χ0) is 16.5. The summed E-state index contributed by atoms with van der Waals surface area (Å²) in [7, 11) is -3.91. The quantitative estimate of drug-likeness (QED) is 0.831. The van der Waals surface area contributed by atoms with Crippen LogP contribution in [0.1, 0.15) is 11.1 Å². The first-order valence-electron chi connectivity index (χ1n) is 6.26. The summed E-state index contributed by atoms with van der Waals surface area (Å²) in [6.07, 6.45) is 0. The van der Waals surface area contributed by atoms with Gasteiger partial charge in [-0.25, -0.2) is 8.42 Å². The van der Waals surface area contributed by atoms with Gasteiger partial charge in [0.15, 0.2) is 0 Å². The molecule has 2 N–H and O–H groups in total. The largest absolute Gasteiger partial charge is 0.733 e. The Bertz CT molecular complexity index is 806. The second kappa shape index (κ2) is 6.13. The highest BCUT2D eigenvalue weighted by atomic mass is 35.5. The molecule has 22 heavy (non-hydrogen) atoms. The number of halogens is 1. The monoisotopic (exact) mass is 341 g/mol. The maximum absolute atomic E-state index is 12.4. The molecule has 6 nitrogen and oxygen atoms in total. The zero-order valence-electron chi connectivity index (χ0n) is 11.9. The van der Waals surface area contributed by atoms with E-state index in [4.69, 9.17) is 16.8 Å². The molecular formula is C14H14ClN2O4S-. The van der Waals surface area contributed by atoms with Crippen LogP contribution >= 0.6 is 11.6 Å². The second-order valence-electron chi connectivity index (χ2n) is 4.81. The Labute approximate surface area is 133 Å². The Morgan fingerprint density at radius 1 is 1.18 bits per heavy atom. The molecule has 0 aliphatic carbocycles. The average Bonchev–Trinajstić information content (AvgIpc) is 2.42. The number of rotatable bonds is 4. The summed E-state index contributed by atoms with van der Waals surface area (Å²) in [5.74, 6) is 0. The van der Waals surface area contributed by atoms with Crippen LogP contribution in [0.2, 0.25) is 5.02 Å². The standard InChI is InChI=1S/C14H14ClN2O4S/c1-9-3-6-13(10(2)7-9)16-22(20,21)11-4-5-12(15)14(8-11)17(18)19/h3-8,16,18H,1-2H3/q-1. The van der Waals surface area contributed by atoms with E-state index < -0.39 is 15.2 Å². The second-order valence-corrected chi connectivity index (χ2v) is 6.90. The normalized spacial score (nSPS) is 11.3. The van der Waals surface area contributed by atoms with Gasteiger partial charge in [-0.15, -0.1) is 0 Å². The molecule has 0 aliphatic heterocycles. The molecule has 0 unspecified atom stereocenters. The number of nitrogens with one attached hydrogen (secondary N) is 1. The molecule has 2 rings (SSSR count). The summed E-state index contributed by atoms with van der Waals surface area (Å²) < 4.78 is 27.2. The fourth-order valence-corrected chi connectivity index (χ4v) is 3.28. The Morgan fingerprint density at radius 3 is 2.45 bits per heavy atom. The number of nitrogens with zero attached hydrogens (tertiary/aromatic N) is 1. The van der Waals surface area contributed by atoms with Crippen LogP contribution in [0, 0.1) is 19.1 Å². The minimum Gasteiger partial charge on any atom is -0.733 e. The lowest BCUT2D eigenvalue weighted by Crippen LogP contribution is -2.15. The fourth-order valence-electron chi connectivity index (χ4n) is 1.94. The predicted octanol–water partition coefficient (Wildman–Crippen LogP) is 3.45. The number of hydrogen-bond donors (Lipinski definition) is 2. The van der Waals surface area contributed by atoms with Crippen LogP contribution in [0.25, 0.3) is 0 Å². The molecule has 0 fully saturated rings. The summed E-state index contributed by atoms with van der Waals surface area (Å²) >= 11 is 5.73. The van der Waals surface area contributed by atoms with Gasteiger partial charge in [0, 0.05) is 0 Å². The number of hydrogen-bond acceptors (Lipinski definition) is 5. The molecule has 0 heterocycles. The van der Waals surface area contributed by atoms with Crippen LogP contribution in [0.5, 0.6) is 0 Å². The Morgan fingerprint density at radius 2 is 1.86 bits per heavy atom. The molecule has 0 saturated carbocycles. The summed E-state index contributed by atoms with van der Waals surface area (Å²) in [5.41, 5.74) is 1.87. The van der Waals surface area contributed by atoms with Crippen molar-refractivity contribution in [3.8, 4) is 0 Å². The molecule has 0 atom stereocenters. The first-order valence-corrected chi connectivity index (χ1v) is 8.12. The van der Waals surface area contributed by atoms with Crippen LogP contribution in [0.3, 0.4) is 0 Å². The van der Waals surface area contributed by atoms with Gasteiger partial charge in [-0.2, -0.15) is 0 Å². The van der Waals surface area contributed by atoms with Gasteiger partial charge in [-0.3, -0.25) is 9.93 Å². The molecule has 8 heteroatoms. The van der Waals surface area contributed by atoms with Gasteiger partial charge in [0.1, 0.15) is 0 Å². The average molecular weight is 342 g/mol. The summed E-state index contributed by atoms with van der Waals surface area (Å²) in [5, 5.41) is 19.4. The van der Waals surface area contributed by atoms with Gasteiger partial charge in [-0.05, 0) is 43.7 Å². The van der Waals surface area contributed by atoms with Crippen LogP contribution in [0.4, 0.5) is 11.4 Å². The maximum atomic E-state index is 12.4. The third-order valence-corrected chi connectivity index (χ3v) is 4.74.